The van der Waals surface area contributed by atoms with E-state index in [0.717, 1.165) is 11.6 Å². The summed E-state index contributed by atoms with van der Waals surface area (Å²) in [5.41, 5.74) is 0. The minimum atomic E-state index is 0.459. The lowest BCUT2D eigenvalue weighted by molar-refractivity contribution is 0.344. The van der Waals surface area contributed by atoms with Crippen LogP contribution in [0.2, 0.25) is 0 Å². The predicted molar refractivity (Wildman–Crippen MR) is 76.9 cm³/mol. The minimum Gasteiger partial charge on any atom is -0.493 e. The van der Waals surface area contributed by atoms with E-state index in [1.54, 1.807) is 26.4 Å². The van der Waals surface area contributed by atoms with Gasteiger partial charge in [0.1, 0.15) is 5.01 Å². The summed E-state index contributed by atoms with van der Waals surface area (Å²) in [5, 5.41) is 12.6. The Labute approximate surface area is 121 Å². The lowest BCUT2D eigenvalue weighted by Gasteiger charge is -2.11. The molecular weight excluding hydrogens is 278 g/mol. The van der Waals surface area contributed by atoms with Gasteiger partial charge in [0.15, 0.2) is 11.5 Å². The van der Waals surface area contributed by atoms with Crippen molar-refractivity contribution < 1.29 is 14.2 Å². The molecule has 1 aromatic heterocycles. The van der Waals surface area contributed by atoms with Crippen LogP contribution < -0.4 is 19.5 Å². The monoisotopic (exact) mass is 295 g/mol. The van der Waals surface area contributed by atoms with Crippen molar-refractivity contribution in [2.45, 2.75) is 13.5 Å². The molecule has 0 amide bonds. The molecule has 0 aliphatic carbocycles. The zero-order valence-corrected chi connectivity index (χ0v) is 12.5. The largest absolute Gasteiger partial charge is 0.493 e. The Morgan fingerprint density at radius 1 is 1.15 bits per heavy atom. The first kappa shape index (κ1) is 14.5. The summed E-state index contributed by atoms with van der Waals surface area (Å²) in [6, 6.07) is 5.44. The van der Waals surface area contributed by atoms with Crippen LogP contribution in [0, 0.1) is 0 Å². The Morgan fingerprint density at radius 3 is 2.45 bits per heavy atom. The third-order valence-corrected chi connectivity index (χ3v) is 3.35. The van der Waals surface area contributed by atoms with Crippen molar-refractivity contribution in [1.82, 2.24) is 15.5 Å². The van der Waals surface area contributed by atoms with E-state index in [2.05, 4.69) is 15.5 Å². The summed E-state index contributed by atoms with van der Waals surface area (Å²) in [5.74, 6) is 1.68. The Kier molecular flexibility index (Phi) is 5.14. The molecule has 1 heterocycles. The van der Waals surface area contributed by atoms with Gasteiger partial charge < -0.3 is 19.5 Å². The summed E-state index contributed by atoms with van der Waals surface area (Å²) in [6.07, 6.45) is 0. The Hall–Kier alpha value is -1.86. The van der Waals surface area contributed by atoms with E-state index in [4.69, 9.17) is 14.2 Å². The van der Waals surface area contributed by atoms with Gasteiger partial charge in [-0.2, -0.15) is 0 Å². The second kappa shape index (κ2) is 7.06. The second-order valence-electron chi connectivity index (χ2n) is 3.84. The van der Waals surface area contributed by atoms with Gasteiger partial charge in [-0.3, -0.25) is 0 Å². The molecule has 0 bridgehead atoms. The zero-order chi connectivity index (χ0) is 14.4. The first-order valence-electron chi connectivity index (χ1n) is 6.20. The third-order valence-electron chi connectivity index (χ3n) is 2.55. The quantitative estimate of drug-likeness (QED) is 0.846. The number of benzene rings is 1. The number of methoxy groups -OCH3 is 2. The molecule has 0 atom stereocenters. The number of rotatable bonds is 7. The molecule has 20 heavy (non-hydrogen) atoms. The summed E-state index contributed by atoms with van der Waals surface area (Å²) >= 11 is 1.39. The highest BCUT2D eigenvalue weighted by molar-refractivity contribution is 7.13. The number of aromatic nitrogens is 2. The molecule has 7 heteroatoms. The van der Waals surface area contributed by atoms with Crippen LogP contribution in [0.15, 0.2) is 18.2 Å². The van der Waals surface area contributed by atoms with Gasteiger partial charge in [-0.05, 0) is 18.7 Å². The predicted octanol–water partition coefficient (Wildman–Crippen LogP) is 2.46. The van der Waals surface area contributed by atoms with E-state index in [-0.39, 0.29) is 0 Å². The fourth-order valence-corrected chi connectivity index (χ4v) is 2.25. The maximum absolute atomic E-state index is 5.75. The second-order valence-corrected chi connectivity index (χ2v) is 4.86. The Bertz CT molecular complexity index is 537. The van der Waals surface area contributed by atoms with Gasteiger partial charge >= 0.3 is 0 Å². The maximum atomic E-state index is 5.75. The fourth-order valence-electron chi connectivity index (χ4n) is 1.59. The fraction of sp³-hybridized carbons (Fsp3) is 0.385. The molecule has 0 fully saturated rings. The number of ether oxygens (including phenoxy) is 3. The number of hydrogen-bond acceptors (Lipinski definition) is 7. The number of hydrogen-bond donors (Lipinski definition) is 1. The molecule has 0 aliphatic heterocycles. The molecule has 2 aromatic rings. The van der Waals surface area contributed by atoms with Crippen LogP contribution in [0.5, 0.6) is 22.4 Å². The molecular formula is C13H17N3O3S. The van der Waals surface area contributed by atoms with E-state index in [1.165, 1.54) is 11.3 Å². The van der Waals surface area contributed by atoms with Crippen molar-refractivity contribution in [3.05, 3.63) is 23.2 Å². The standard InChI is InChI=1S/C13H17N3O3S/c1-4-14-8-11-15-16-13(20-11)19-12-9(17-2)6-5-7-10(12)18-3/h5-7,14H,4,8H2,1-3H3. The lowest BCUT2D eigenvalue weighted by atomic mass is 10.3. The molecule has 0 spiro atoms. The first-order valence-corrected chi connectivity index (χ1v) is 7.02. The average Bonchev–Trinajstić information content (AvgIpc) is 2.93. The summed E-state index contributed by atoms with van der Waals surface area (Å²) < 4.78 is 16.3. The number of nitrogens with zero attached hydrogens (tertiary/aromatic N) is 2. The average molecular weight is 295 g/mol. The third kappa shape index (κ3) is 3.37. The molecule has 0 unspecified atom stereocenters. The van der Waals surface area contributed by atoms with E-state index in [0.29, 0.717) is 29.0 Å². The maximum Gasteiger partial charge on any atom is 0.299 e. The Morgan fingerprint density at radius 2 is 1.85 bits per heavy atom. The van der Waals surface area contributed by atoms with Crippen LogP contribution in [-0.2, 0) is 6.54 Å². The normalized spacial score (nSPS) is 10.3. The highest BCUT2D eigenvalue weighted by Gasteiger charge is 2.15. The molecule has 1 N–H and O–H groups in total. The lowest BCUT2D eigenvalue weighted by Crippen LogP contribution is -2.11. The molecule has 0 saturated heterocycles. The summed E-state index contributed by atoms with van der Waals surface area (Å²) in [7, 11) is 3.16. The van der Waals surface area contributed by atoms with Gasteiger partial charge in [0, 0.05) is 6.54 Å². The number of nitrogens with one attached hydrogen (secondary N) is 1. The molecule has 0 saturated carbocycles. The van der Waals surface area contributed by atoms with Crippen molar-refractivity contribution in [2.75, 3.05) is 20.8 Å². The van der Waals surface area contributed by atoms with Crippen LogP contribution in [0.3, 0.4) is 0 Å². The molecule has 0 radical (unpaired) electrons. The van der Waals surface area contributed by atoms with Gasteiger partial charge in [-0.15, -0.1) is 5.10 Å². The Balaban J connectivity index is 2.18. The molecule has 2 rings (SSSR count). The van der Waals surface area contributed by atoms with Gasteiger partial charge in [0.25, 0.3) is 5.19 Å². The topological polar surface area (TPSA) is 65.5 Å². The van der Waals surface area contributed by atoms with Crippen LogP contribution in [-0.4, -0.2) is 31.0 Å². The van der Waals surface area contributed by atoms with Crippen molar-refractivity contribution in [1.29, 1.82) is 0 Å². The highest BCUT2D eigenvalue weighted by Crippen LogP contribution is 2.40. The molecule has 108 valence electrons. The van der Waals surface area contributed by atoms with Crippen LogP contribution in [0.25, 0.3) is 0 Å². The zero-order valence-electron chi connectivity index (χ0n) is 11.7. The van der Waals surface area contributed by atoms with Gasteiger partial charge in [-0.1, -0.05) is 29.4 Å². The van der Waals surface area contributed by atoms with Gasteiger partial charge in [0.2, 0.25) is 5.75 Å². The SMILES string of the molecule is CCNCc1nnc(Oc2c(OC)cccc2OC)s1. The molecule has 0 aliphatic rings. The van der Waals surface area contributed by atoms with Crippen molar-refractivity contribution in [3.8, 4) is 22.4 Å². The highest BCUT2D eigenvalue weighted by atomic mass is 32.1. The van der Waals surface area contributed by atoms with Gasteiger partial charge in [0.05, 0.1) is 14.2 Å². The van der Waals surface area contributed by atoms with Crippen molar-refractivity contribution in [3.63, 3.8) is 0 Å². The van der Waals surface area contributed by atoms with Crippen molar-refractivity contribution >= 4 is 11.3 Å². The van der Waals surface area contributed by atoms with Gasteiger partial charge in [-0.25, -0.2) is 0 Å². The van der Waals surface area contributed by atoms with E-state index >= 15 is 0 Å². The van der Waals surface area contributed by atoms with Crippen LogP contribution in [0.1, 0.15) is 11.9 Å². The van der Waals surface area contributed by atoms with Crippen molar-refractivity contribution in [2.24, 2.45) is 0 Å². The minimum absolute atomic E-state index is 0.459. The van der Waals surface area contributed by atoms with E-state index in [1.807, 2.05) is 13.0 Å². The smallest absolute Gasteiger partial charge is 0.299 e. The summed E-state index contributed by atoms with van der Waals surface area (Å²) in [4.78, 5) is 0. The molecule has 1 aromatic carbocycles. The number of para-hydroxylation sites is 1. The van der Waals surface area contributed by atoms with Crippen LogP contribution >= 0.6 is 11.3 Å². The summed E-state index contributed by atoms with van der Waals surface area (Å²) in [6.45, 7) is 3.61. The first-order chi connectivity index (χ1) is 9.78. The van der Waals surface area contributed by atoms with E-state index < -0.39 is 0 Å². The van der Waals surface area contributed by atoms with Crippen LogP contribution in [0.4, 0.5) is 0 Å². The molecule has 6 nitrogen and oxygen atoms in total. The van der Waals surface area contributed by atoms with E-state index in [9.17, 15) is 0 Å².